The highest BCUT2D eigenvalue weighted by Crippen LogP contribution is 2.29. The minimum atomic E-state index is -3.14. The van der Waals surface area contributed by atoms with Crippen LogP contribution in [0, 0.1) is 11.8 Å². The molecule has 1 unspecified atom stereocenters. The van der Waals surface area contributed by atoms with Gasteiger partial charge in [-0.25, -0.2) is 17.7 Å². The van der Waals surface area contributed by atoms with Gasteiger partial charge in [-0.2, -0.15) is 0 Å². The molecule has 7 heteroatoms. The Hall–Kier alpha value is -0.920. The van der Waals surface area contributed by atoms with Crippen molar-refractivity contribution in [3.63, 3.8) is 0 Å². The van der Waals surface area contributed by atoms with Crippen LogP contribution in [0.4, 0.5) is 0 Å². The fourth-order valence-corrected chi connectivity index (χ4v) is 6.39. The van der Waals surface area contributed by atoms with Crippen molar-refractivity contribution in [1.82, 2.24) is 13.9 Å². The molecule has 0 saturated carbocycles. The highest BCUT2D eigenvalue weighted by molar-refractivity contribution is 7.89. The minimum absolute atomic E-state index is 0.167. The molecule has 26 heavy (non-hydrogen) atoms. The Bertz CT molecular complexity index is 629. The molecule has 3 rings (SSSR count). The summed E-state index contributed by atoms with van der Waals surface area (Å²) in [6.07, 6.45) is 12.0. The highest BCUT2D eigenvalue weighted by atomic mass is 32.2. The van der Waals surface area contributed by atoms with Crippen LogP contribution in [0.15, 0.2) is 18.7 Å². The predicted molar refractivity (Wildman–Crippen MR) is 102 cm³/mol. The van der Waals surface area contributed by atoms with Crippen LogP contribution in [0.1, 0.15) is 52.4 Å². The average molecular weight is 384 g/mol. The number of nitrogens with zero attached hydrogens (tertiary/aromatic N) is 3. The Labute approximate surface area is 158 Å². The first-order valence-electron chi connectivity index (χ1n) is 10.0. The molecule has 0 spiro atoms. The molecular formula is C19H33N3O3S. The molecule has 0 aliphatic carbocycles. The SMILES string of the molecule is C[C@@H]1CC(CS(=O)(=O)N2CCC(CCCn3ccnc3)CC2)C[C@H](C)O1. The summed E-state index contributed by atoms with van der Waals surface area (Å²) >= 11 is 0. The zero-order chi connectivity index (χ0) is 18.6. The van der Waals surface area contributed by atoms with Gasteiger partial charge in [-0.3, -0.25) is 0 Å². The maximum Gasteiger partial charge on any atom is 0.214 e. The second-order valence-electron chi connectivity index (χ2n) is 8.16. The van der Waals surface area contributed by atoms with Gasteiger partial charge in [-0.1, -0.05) is 0 Å². The van der Waals surface area contributed by atoms with Gasteiger partial charge in [0, 0.05) is 32.0 Å². The van der Waals surface area contributed by atoms with E-state index in [0.717, 1.165) is 38.6 Å². The van der Waals surface area contributed by atoms with Gasteiger partial charge < -0.3 is 9.30 Å². The summed E-state index contributed by atoms with van der Waals surface area (Å²) in [4.78, 5) is 4.06. The maximum atomic E-state index is 12.8. The van der Waals surface area contributed by atoms with E-state index in [-0.39, 0.29) is 23.9 Å². The van der Waals surface area contributed by atoms with Crippen LogP contribution in [-0.4, -0.2) is 53.3 Å². The van der Waals surface area contributed by atoms with Crippen molar-refractivity contribution < 1.29 is 13.2 Å². The van der Waals surface area contributed by atoms with E-state index in [9.17, 15) is 8.42 Å². The van der Waals surface area contributed by atoms with E-state index in [1.807, 2.05) is 32.6 Å². The minimum Gasteiger partial charge on any atom is -0.376 e. The molecule has 2 fully saturated rings. The maximum absolute atomic E-state index is 12.8. The Balaban J connectivity index is 1.41. The molecule has 0 amide bonds. The van der Waals surface area contributed by atoms with Gasteiger partial charge in [0.2, 0.25) is 10.0 Å². The van der Waals surface area contributed by atoms with Gasteiger partial charge >= 0.3 is 0 Å². The summed E-state index contributed by atoms with van der Waals surface area (Å²) in [6, 6.07) is 0. The second-order valence-corrected chi connectivity index (χ2v) is 10.2. The fourth-order valence-electron chi connectivity index (χ4n) is 4.54. The molecule has 2 aliphatic heterocycles. The first-order chi connectivity index (χ1) is 12.4. The Kier molecular flexibility index (Phi) is 6.75. The number of hydrogen-bond donors (Lipinski definition) is 0. The van der Waals surface area contributed by atoms with Gasteiger partial charge in [0.05, 0.1) is 24.3 Å². The van der Waals surface area contributed by atoms with E-state index in [1.54, 1.807) is 4.31 Å². The van der Waals surface area contributed by atoms with Gasteiger partial charge in [-0.05, 0) is 64.2 Å². The van der Waals surface area contributed by atoms with Crippen molar-refractivity contribution in [2.24, 2.45) is 11.8 Å². The summed E-state index contributed by atoms with van der Waals surface area (Å²) in [5.41, 5.74) is 0. The van der Waals surface area contributed by atoms with Crippen molar-refractivity contribution in [2.45, 2.75) is 71.1 Å². The molecule has 2 saturated heterocycles. The lowest BCUT2D eigenvalue weighted by molar-refractivity contribution is -0.0480. The van der Waals surface area contributed by atoms with E-state index in [0.29, 0.717) is 19.0 Å². The number of rotatable bonds is 7. The molecule has 1 aromatic rings. The summed E-state index contributed by atoms with van der Waals surface area (Å²) in [7, 11) is -3.14. The van der Waals surface area contributed by atoms with Gasteiger partial charge in [0.15, 0.2) is 0 Å². The molecule has 3 atom stereocenters. The van der Waals surface area contributed by atoms with Crippen molar-refractivity contribution in [3.05, 3.63) is 18.7 Å². The number of imidazole rings is 1. The van der Waals surface area contributed by atoms with Crippen LogP contribution in [-0.2, 0) is 21.3 Å². The number of hydrogen-bond acceptors (Lipinski definition) is 4. The lowest BCUT2D eigenvalue weighted by atomic mass is 9.93. The molecule has 0 radical (unpaired) electrons. The van der Waals surface area contributed by atoms with Crippen LogP contribution in [0.2, 0.25) is 0 Å². The van der Waals surface area contributed by atoms with E-state index in [4.69, 9.17) is 4.74 Å². The standard InChI is InChI=1S/C19H33N3O3S/c1-16-12-19(13-17(2)25-16)14-26(23,24)22-9-5-18(6-10-22)4-3-8-21-11-7-20-15-21/h7,11,15-19H,3-6,8-10,12-14H2,1-2H3/t16-,17+,19?. The Morgan fingerprint density at radius 3 is 2.42 bits per heavy atom. The third-order valence-corrected chi connectivity index (χ3v) is 7.84. The predicted octanol–water partition coefficient (Wildman–Crippen LogP) is 2.91. The summed E-state index contributed by atoms with van der Waals surface area (Å²) in [5, 5.41) is 0. The van der Waals surface area contributed by atoms with Crippen LogP contribution >= 0.6 is 0 Å². The molecule has 0 aromatic carbocycles. The molecule has 0 N–H and O–H groups in total. The van der Waals surface area contributed by atoms with Crippen LogP contribution in [0.5, 0.6) is 0 Å². The molecule has 2 aliphatic rings. The zero-order valence-corrected chi connectivity index (χ0v) is 16.9. The fraction of sp³-hybridized carbons (Fsp3) is 0.842. The van der Waals surface area contributed by atoms with Crippen molar-refractivity contribution in [3.8, 4) is 0 Å². The van der Waals surface area contributed by atoms with Crippen molar-refractivity contribution >= 4 is 10.0 Å². The third kappa shape index (κ3) is 5.54. The zero-order valence-electron chi connectivity index (χ0n) is 16.1. The van der Waals surface area contributed by atoms with E-state index in [2.05, 4.69) is 9.55 Å². The monoisotopic (exact) mass is 383 g/mol. The first kappa shape index (κ1) is 19.8. The number of aryl methyl sites for hydroxylation is 1. The summed E-state index contributed by atoms with van der Waals surface area (Å²) in [5.74, 6) is 1.16. The van der Waals surface area contributed by atoms with Crippen LogP contribution < -0.4 is 0 Å². The largest absolute Gasteiger partial charge is 0.376 e. The van der Waals surface area contributed by atoms with E-state index >= 15 is 0 Å². The Morgan fingerprint density at radius 2 is 1.81 bits per heavy atom. The second kappa shape index (κ2) is 8.85. The molecule has 148 valence electrons. The molecule has 0 bridgehead atoms. The van der Waals surface area contributed by atoms with Gasteiger partial charge in [-0.15, -0.1) is 0 Å². The lowest BCUT2D eigenvalue weighted by Gasteiger charge is -2.35. The Morgan fingerprint density at radius 1 is 1.12 bits per heavy atom. The molecule has 6 nitrogen and oxygen atoms in total. The highest BCUT2D eigenvalue weighted by Gasteiger charge is 2.33. The number of ether oxygens (including phenoxy) is 1. The van der Waals surface area contributed by atoms with Crippen LogP contribution in [0.25, 0.3) is 0 Å². The van der Waals surface area contributed by atoms with Crippen LogP contribution in [0.3, 0.4) is 0 Å². The average Bonchev–Trinajstić information content (AvgIpc) is 3.07. The van der Waals surface area contributed by atoms with Gasteiger partial charge in [0.1, 0.15) is 0 Å². The molecule has 3 heterocycles. The smallest absolute Gasteiger partial charge is 0.214 e. The van der Waals surface area contributed by atoms with Crippen molar-refractivity contribution in [1.29, 1.82) is 0 Å². The molecular weight excluding hydrogens is 350 g/mol. The topological polar surface area (TPSA) is 64.4 Å². The van der Waals surface area contributed by atoms with Gasteiger partial charge in [0.25, 0.3) is 0 Å². The summed E-state index contributed by atoms with van der Waals surface area (Å²) < 4.78 is 35.2. The first-order valence-corrected chi connectivity index (χ1v) is 11.6. The normalized spacial score (nSPS) is 29.1. The quantitative estimate of drug-likeness (QED) is 0.726. The summed E-state index contributed by atoms with van der Waals surface area (Å²) in [6.45, 7) is 6.46. The van der Waals surface area contributed by atoms with Crippen molar-refractivity contribution in [2.75, 3.05) is 18.8 Å². The number of piperidine rings is 1. The van der Waals surface area contributed by atoms with E-state index < -0.39 is 10.0 Å². The lowest BCUT2D eigenvalue weighted by Crippen LogP contribution is -2.42. The number of aromatic nitrogens is 2. The van der Waals surface area contributed by atoms with E-state index in [1.165, 1.54) is 6.42 Å². The third-order valence-electron chi connectivity index (χ3n) is 5.80. The number of sulfonamides is 1. The molecule has 1 aromatic heterocycles.